The summed E-state index contributed by atoms with van der Waals surface area (Å²) in [6.45, 7) is 6.60. The van der Waals surface area contributed by atoms with Crippen LogP contribution < -0.4 is 0 Å². The van der Waals surface area contributed by atoms with Crippen molar-refractivity contribution < 1.29 is 28.6 Å². The van der Waals surface area contributed by atoms with Crippen LogP contribution in [-0.2, 0) is 28.6 Å². The van der Waals surface area contributed by atoms with E-state index in [4.69, 9.17) is 14.2 Å². The molecule has 0 N–H and O–H groups in total. The van der Waals surface area contributed by atoms with Crippen molar-refractivity contribution in [2.45, 2.75) is 284 Å². The first-order chi connectivity index (χ1) is 30.0. The lowest BCUT2D eigenvalue weighted by Gasteiger charge is -2.18. The van der Waals surface area contributed by atoms with Gasteiger partial charge >= 0.3 is 17.9 Å². The topological polar surface area (TPSA) is 78.9 Å². The maximum absolute atomic E-state index is 12.8. The number of carbonyl (C=O) groups excluding carboxylic acids is 3. The first-order valence-electron chi connectivity index (χ1n) is 26.5. The first-order valence-corrected chi connectivity index (χ1v) is 26.5. The van der Waals surface area contributed by atoms with Crippen molar-refractivity contribution >= 4 is 17.9 Å². The smallest absolute Gasteiger partial charge is 0.306 e. The zero-order valence-electron chi connectivity index (χ0n) is 40.7. The van der Waals surface area contributed by atoms with Gasteiger partial charge in [0.05, 0.1) is 0 Å². The fraction of sp³-hybridized carbons (Fsp3) is 0.836. The molecule has 0 spiro atoms. The molecule has 0 radical (unpaired) electrons. The Labute approximate surface area is 378 Å². The van der Waals surface area contributed by atoms with Crippen LogP contribution in [0.25, 0.3) is 0 Å². The molecule has 0 fully saturated rings. The van der Waals surface area contributed by atoms with Gasteiger partial charge in [-0.1, -0.05) is 243 Å². The number of carbonyl (C=O) groups is 3. The molecule has 61 heavy (non-hydrogen) atoms. The summed E-state index contributed by atoms with van der Waals surface area (Å²) >= 11 is 0. The van der Waals surface area contributed by atoms with E-state index in [-0.39, 0.29) is 31.1 Å². The Balaban J connectivity index is 4.38. The summed E-state index contributed by atoms with van der Waals surface area (Å²) < 4.78 is 16.7. The van der Waals surface area contributed by atoms with Gasteiger partial charge in [0, 0.05) is 19.3 Å². The summed E-state index contributed by atoms with van der Waals surface area (Å²) in [6.07, 6.45) is 58.5. The molecule has 0 heterocycles. The van der Waals surface area contributed by atoms with Crippen LogP contribution in [0, 0.1) is 0 Å². The van der Waals surface area contributed by atoms with E-state index in [1.54, 1.807) is 0 Å². The molecule has 0 aromatic carbocycles. The molecule has 0 bridgehead atoms. The van der Waals surface area contributed by atoms with E-state index in [1.807, 2.05) is 0 Å². The average molecular weight is 857 g/mol. The zero-order chi connectivity index (χ0) is 44.4. The molecule has 0 amide bonds. The number of ether oxygens (including phenoxy) is 3. The normalized spacial score (nSPS) is 12.2. The van der Waals surface area contributed by atoms with Crippen LogP contribution in [0.15, 0.2) is 36.5 Å². The highest BCUT2D eigenvalue weighted by Crippen LogP contribution is 2.16. The van der Waals surface area contributed by atoms with Crippen LogP contribution in [0.3, 0.4) is 0 Å². The third-order valence-electron chi connectivity index (χ3n) is 11.6. The minimum Gasteiger partial charge on any atom is -0.462 e. The molecule has 356 valence electrons. The highest BCUT2D eigenvalue weighted by molar-refractivity contribution is 5.71. The Bertz CT molecular complexity index is 1030. The van der Waals surface area contributed by atoms with Crippen LogP contribution in [0.5, 0.6) is 0 Å². The van der Waals surface area contributed by atoms with Crippen molar-refractivity contribution in [1.29, 1.82) is 0 Å². The lowest BCUT2D eigenvalue weighted by Crippen LogP contribution is -2.30. The van der Waals surface area contributed by atoms with Gasteiger partial charge < -0.3 is 14.2 Å². The average Bonchev–Trinajstić information content (AvgIpc) is 3.26. The Morgan fingerprint density at radius 1 is 0.328 bits per heavy atom. The Hall–Kier alpha value is -2.37. The van der Waals surface area contributed by atoms with Crippen LogP contribution >= 0.6 is 0 Å². The SMILES string of the molecule is CCCCCCCC/C=C\C/C=C\C/C=C\CCCC(=O)OCC(COC(=O)CCCCCCCCCCCC)OC(=O)CCCCCCCCCCCCCCCCCC. The van der Waals surface area contributed by atoms with Crippen LogP contribution in [0.1, 0.15) is 278 Å². The second kappa shape index (κ2) is 50.3. The van der Waals surface area contributed by atoms with Gasteiger partial charge in [-0.3, -0.25) is 14.4 Å². The van der Waals surface area contributed by atoms with E-state index in [2.05, 4.69) is 57.2 Å². The minimum atomic E-state index is -0.786. The van der Waals surface area contributed by atoms with Crippen molar-refractivity contribution in [2.24, 2.45) is 0 Å². The molecule has 0 aromatic heterocycles. The number of hydrogen-bond acceptors (Lipinski definition) is 6. The van der Waals surface area contributed by atoms with Gasteiger partial charge in [0.25, 0.3) is 0 Å². The van der Waals surface area contributed by atoms with E-state index in [0.29, 0.717) is 25.7 Å². The van der Waals surface area contributed by atoms with Gasteiger partial charge in [0.2, 0.25) is 0 Å². The van der Waals surface area contributed by atoms with Gasteiger partial charge in [-0.05, 0) is 51.4 Å². The van der Waals surface area contributed by atoms with Crippen LogP contribution in [0.2, 0.25) is 0 Å². The second-order valence-electron chi connectivity index (χ2n) is 17.8. The Morgan fingerprint density at radius 2 is 0.607 bits per heavy atom. The van der Waals surface area contributed by atoms with Crippen molar-refractivity contribution in [3.8, 4) is 0 Å². The predicted molar refractivity (Wildman–Crippen MR) is 261 cm³/mol. The first kappa shape index (κ1) is 58.6. The summed E-state index contributed by atoms with van der Waals surface area (Å²) in [4.78, 5) is 37.9. The molecule has 0 aliphatic rings. The van der Waals surface area contributed by atoms with Gasteiger partial charge in [0.1, 0.15) is 13.2 Å². The summed E-state index contributed by atoms with van der Waals surface area (Å²) in [6, 6.07) is 0. The van der Waals surface area contributed by atoms with E-state index in [0.717, 1.165) is 57.8 Å². The van der Waals surface area contributed by atoms with Crippen molar-refractivity contribution in [1.82, 2.24) is 0 Å². The van der Waals surface area contributed by atoms with E-state index in [9.17, 15) is 14.4 Å². The number of rotatable bonds is 48. The van der Waals surface area contributed by atoms with Crippen molar-refractivity contribution in [2.75, 3.05) is 13.2 Å². The summed E-state index contributed by atoms with van der Waals surface area (Å²) in [5, 5.41) is 0. The molecular weight excluding hydrogens is 757 g/mol. The molecule has 6 heteroatoms. The molecular formula is C55H100O6. The number of unbranched alkanes of at least 4 members (excludes halogenated alkanes) is 31. The maximum Gasteiger partial charge on any atom is 0.306 e. The highest BCUT2D eigenvalue weighted by Gasteiger charge is 2.19. The third kappa shape index (κ3) is 48.5. The second-order valence-corrected chi connectivity index (χ2v) is 17.8. The Morgan fingerprint density at radius 3 is 0.984 bits per heavy atom. The maximum atomic E-state index is 12.8. The van der Waals surface area contributed by atoms with Gasteiger partial charge in [-0.25, -0.2) is 0 Å². The third-order valence-corrected chi connectivity index (χ3v) is 11.6. The predicted octanol–water partition coefficient (Wildman–Crippen LogP) is 17.3. The molecule has 0 rings (SSSR count). The lowest BCUT2D eigenvalue weighted by molar-refractivity contribution is -0.167. The summed E-state index contributed by atoms with van der Waals surface area (Å²) in [7, 11) is 0. The molecule has 6 nitrogen and oxygen atoms in total. The Kier molecular flexibility index (Phi) is 48.3. The van der Waals surface area contributed by atoms with Gasteiger partial charge in [-0.2, -0.15) is 0 Å². The standard InChI is InChI=1S/C55H100O6/c1-4-7-10-13-16-19-22-24-26-28-30-31-33-36-39-42-45-48-54(57)60-51-52(50-59-53(56)47-44-41-38-35-21-18-15-12-9-6-3)61-55(58)49-46-43-40-37-34-32-29-27-25-23-20-17-14-11-8-5-2/h24,26,30-31,36,39,52H,4-23,25,27-29,32-35,37-38,40-51H2,1-3H3/b26-24-,31-30-,39-36-. The largest absolute Gasteiger partial charge is 0.462 e. The fourth-order valence-corrected chi connectivity index (χ4v) is 7.64. The molecule has 0 aromatic rings. The quantitative estimate of drug-likeness (QED) is 0.0262. The molecule has 0 saturated heterocycles. The lowest BCUT2D eigenvalue weighted by atomic mass is 10.0. The molecule has 0 saturated carbocycles. The number of allylic oxidation sites excluding steroid dienone is 6. The molecule has 0 aliphatic heterocycles. The minimum absolute atomic E-state index is 0.0836. The van der Waals surface area contributed by atoms with Crippen LogP contribution in [0.4, 0.5) is 0 Å². The number of esters is 3. The number of hydrogen-bond donors (Lipinski definition) is 0. The molecule has 0 aliphatic carbocycles. The van der Waals surface area contributed by atoms with Crippen molar-refractivity contribution in [3.05, 3.63) is 36.5 Å². The summed E-state index contributed by atoms with van der Waals surface area (Å²) in [5.74, 6) is -0.927. The molecule has 1 unspecified atom stereocenters. The van der Waals surface area contributed by atoms with E-state index < -0.39 is 6.10 Å². The van der Waals surface area contributed by atoms with E-state index >= 15 is 0 Å². The summed E-state index contributed by atoms with van der Waals surface area (Å²) in [5.41, 5.74) is 0. The van der Waals surface area contributed by atoms with E-state index in [1.165, 1.54) is 173 Å². The van der Waals surface area contributed by atoms with Gasteiger partial charge in [0.15, 0.2) is 6.10 Å². The zero-order valence-corrected chi connectivity index (χ0v) is 40.7. The van der Waals surface area contributed by atoms with Crippen LogP contribution in [-0.4, -0.2) is 37.2 Å². The molecule has 1 atom stereocenters. The highest BCUT2D eigenvalue weighted by atomic mass is 16.6. The van der Waals surface area contributed by atoms with Gasteiger partial charge in [-0.15, -0.1) is 0 Å². The fourth-order valence-electron chi connectivity index (χ4n) is 7.64. The van der Waals surface area contributed by atoms with Crippen molar-refractivity contribution in [3.63, 3.8) is 0 Å². The monoisotopic (exact) mass is 857 g/mol.